The summed E-state index contributed by atoms with van der Waals surface area (Å²) in [7, 11) is 0. The fourth-order valence-corrected chi connectivity index (χ4v) is 1.08. The van der Waals surface area contributed by atoms with Crippen LogP contribution in [-0.2, 0) is 4.79 Å². The summed E-state index contributed by atoms with van der Waals surface area (Å²) in [6, 6.07) is 4.58. The number of rotatable bonds is 5. The van der Waals surface area contributed by atoms with Gasteiger partial charge in [-0.15, -0.1) is 0 Å². The molecule has 0 spiro atoms. The van der Waals surface area contributed by atoms with Crippen LogP contribution in [0.15, 0.2) is 24.3 Å². The highest BCUT2D eigenvalue weighted by molar-refractivity contribution is 5.91. The molecule has 0 saturated carbocycles. The van der Waals surface area contributed by atoms with Crippen molar-refractivity contribution in [3.05, 3.63) is 24.3 Å². The number of amides is 2. The molecule has 0 bridgehead atoms. The molecule has 6 nitrogen and oxygen atoms in total. The molecule has 0 aliphatic heterocycles. The number of aliphatic carboxylic acids is 1. The molecule has 0 unspecified atom stereocenters. The van der Waals surface area contributed by atoms with Gasteiger partial charge in [0.2, 0.25) is 0 Å². The van der Waals surface area contributed by atoms with E-state index >= 15 is 0 Å². The maximum absolute atomic E-state index is 11.9. The van der Waals surface area contributed by atoms with E-state index in [-0.39, 0.29) is 11.4 Å². The second-order valence-electron chi connectivity index (χ2n) is 3.11. The topological polar surface area (TPSA) is 87.7 Å². The predicted molar refractivity (Wildman–Crippen MR) is 57.7 cm³/mol. The maximum atomic E-state index is 11.9. The van der Waals surface area contributed by atoms with Crippen LogP contribution < -0.4 is 15.4 Å². The highest BCUT2D eigenvalue weighted by Gasteiger charge is 2.07. The van der Waals surface area contributed by atoms with Crippen molar-refractivity contribution in [2.45, 2.75) is 6.61 Å². The standard InChI is InChI=1S/C10H10F2N2O4/c11-9(12)18-7-3-1-2-6(4-7)14-10(17)13-5-8(15)16/h1-4,9H,5H2,(H,15,16)(H2,13,14,17). The summed E-state index contributed by atoms with van der Waals surface area (Å²) < 4.78 is 28.0. The summed E-state index contributed by atoms with van der Waals surface area (Å²) in [5.74, 6) is -1.30. The number of benzene rings is 1. The predicted octanol–water partition coefficient (Wildman–Crippen LogP) is 1.49. The highest BCUT2D eigenvalue weighted by Crippen LogP contribution is 2.18. The zero-order valence-corrected chi connectivity index (χ0v) is 9.02. The van der Waals surface area contributed by atoms with E-state index in [1.807, 2.05) is 0 Å². The zero-order valence-electron chi connectivity index (χ0n) is 9.02. The first-order valence-electron chi connectivity index (χ1n) is 4.79. The van der Waals surface area contributed by atoms with Gasteiger partial charge in [0.05, 0.1) is 0 Å². The normalized spacial score (nSPS) is 9.94. The van der Waals surface area contributed by atoms with Crippen LogP contribution in [0, 0.1) is 0 Å². The minimum absolute atomic E-state index is 0.110. The molecule has 0 aromatic heterocycles. The average molecular weight is 260 g/mol. The molecule has 0 saturated heterocycles. The van der Waals surface area contributed by atoms with E-state index in [9.17, 15) is 18.4 Å². The van der Waals surface area contributed by atoms with Gasteiger partial charge in [-0.1, -0.05) is 6.07 Å². The molecule has 18 heavy (non-hydrogen) atoms. The number of carbonyl (C=O) groups excluding carboxylic acids is 1. The van der Waals surface area contributed by atoms with Gasteiger partial charge >= 0.3 is 18.6 Å². The molecule has 3 N–H and O–H groups in total. The first-order chi connectivity index (χ1) is 8.47. The third-order valence-electron chi connectivity index (χ3n) is 1.72. The fourth-order valence-electron chi connectivity index (χ4n) is 1.08. The highest BCUT2D eigenvalue weighted by atomic mass is 19.3. The molecular formula is C10H10F2N2O4. The van der Waals surface area contributed by atoms with Crippen LogP contribution >= 0.6 is 0 Å². The van der Waals surface area contributed by atoms with Crippen LogP contribution in [0.2, 0.25) is 0 Å². The van der Waals surface area contributed by atoms with Gasteiger partial charge in [-0.2, -0.15) is 8.78 Å². The van der Waals surface area contributed by atoms with Crippen LogP contribution in [0.3, 0.4) is 0 Å². The number of hydrogen-bond donors (Lipinski definition) is 3. The van der Waals surface area contributed by atoms with Crippen molar-refractivity contribution >= 4 is 17.7 Å². The second-order valence-corrected chi connectivity index (χ2v) is 3.11. The molecule has 0 aliphatic carbocycles. The van der Waals surface area contributed by atoms with Gasteiger partial charge in [-0.25, -0.2) is 4.79 Å². The Morgan fingerprint density at radius 3 is 2.72 bits per heavy atom. The van der Waals surface area contributed by atoms with Crippen molar-refractivity contribution in [1.29, 1.82) is 0 Å². The summed E-state index contributed by atoms with van der Waals surface area (Å²) in [5, 5.41) is 12.7. The second kappa shape index (κ2) is 6.38. The third-order valence-corrected chi connectivity index (χ3v) is 1.72. The zero-order chi connectivity index (χ0) is 13.5. The Morgan fingerprint density at radius 2 is 2.11 bits per heavy atom. The van der Waals surface area contributed by atoms with Crippen LogP contribution in [0.1, 0.15) is 0 Å². The Labute approximate surface area is 101 Å². The molecule has 1 rings (SSSR count). The van der Waals surface area contributed by atoms with E-state index in [0.29, 0.717) is 0 Å². The van der Waals surface area contributed by atoms with Gasteiger partial charge < -0.3 is 20.5 Å². The molecule has 0 fully saturated rings. The van der Waals surface area contributed by atoms with Gasteiger partial charge in [-0.05, 0) is 12.1 Å². The lowest BCUT2D eigenvalue weighted by Crippen LogP contribution is -2.33. The van der Waals surface area contributed by atoms with Gasteiger partial charge in [-0.3, -0.25) is 4.79 Å². The lowest BCUT2D eigenvalue weighted by Gasteiger charge is -2.08. The van der Waals surface area contributed by atoms with Crippen molar-refractivity contribution in [3.63, 3.8) is 0 Å². The Hall–Kier alpha value is -2.38. The molecule has 0 heterocycles. The minimum atomic E-state index is -2.96. The third kappa shape index (κ3) is 5.10. The van der Waals surface area contributed by atoms with E-state index in [0.717, 1.165) is 0 Å². The van der Waals surface area contributed by atoms with E-state index in [1.54, 1.807) is 0 Å². The number of nitrogens with one attached hydrogen (secondary N) is 2. The Balaban J connectivity index is 2.56. The number of halogens is 2. The first kappa shape index (κ1) is 13.7. The van der Waals surface area contributed by atoms with E-state index in [1.165, 1.54) is 24.3 Å². The summed E-state index contributed by atoms with van der Waals surface area (Å²) in [5.41, 5.74) is 0.205. The SMILES string of the molecule is O=C(O)CNC(=O)Nc1cccc(OC(F)F)c1. The van der Waals surface area contributed by atoms with Crippen molar-refractivity contribution < 1.29 is 28.2 Å². The number of alkyl halides is 2. The van der Waals surface area contributed by atoms with Crippen molar-refractivity contribution in [2.75, 3.05) is 11.9 Å². The minimum Gasteiger partial charge on any atom is -0.480 e. The number of anilines is 1. The summed E-state index contributed by atoms with van der Waals surface area (Å²) in [6.45, 7) is -3.50. The number of urea groups is 1. The van der Waals surface area contributed by atoms with E-state index in [4.69, 9.17) is 5.11 Å². The summed E-state index contributed by atoms with van der Waals surface area (Å²) >= 11 is 0. The van der Waals surface area contributed by atoms with Crippen molar-refractivity contribution in [2.24, 2.45) is 0 Å². The fraction of sp³-hybridized carbons (Fsp3) is 0.200. The maximum Gasteiger partial charge on any atom is 0.387 e. The number of carbonyl (C=O) groups is 2. The number of ether oxygens (including phenoxy) is 1. The van der Waals surface area contributed by atoms with Crippen LogP contribution in [-0.4, -0.2) is 30.3 Å². The summed E-state index contributed by atoms with van der Waals surface area (Å²) in [4.78, 5) is 21.4. The summed E-state index contributed by atoms with van der Waals surface area (Å²) in [6.07, 6.45) is 0. The van der Waals surface area contributed by atoms with Crippen LogP contribution in [0.5, 0.6) is 5.75 Å². The lowest BCUT2D eigenvalue weighted by atomic mass is 10.3. The molecular weight excluding hydrogens is 250 g/mol. The average Bonchev–Trinajstić information content (AvgIpc) is 2.26. The first-order valence-corrected chi connectivity index (χ1v) is 4.79. The molecule has 1 aromatic carbocycles. The van der Waals surface area contributed by atoms with Gasteiger partial charge in [0.1, 0.15) is 12.3 Å². The number of hydrogen-bond acceptors (Lipinski definition) is 3. The van der Waals surface area contributed by atoms with Crippen molar-refractivity contribution in [3.8, 4) is 5.75 Å². The van der Waals surface area contributed by atoms with Crippen molar-refractivity contribution in [1.82, 2.24) is 5.32 Å². The van der Waals surface area contributed by atoms with Gasteiger partial charge in [0.15, 0.2) is 0 Å². The van der Waals surface area contributed by atoms with E-state index in [2.05, 4.69) is 15.4 Å². The molecule has 1 aromatic rings. The molecule has 0 aliphatic rings. The largest absolute Gasteiger partial charge is 0.480 e. The van der Waals surface area contributed by atoms with Crippen LogP contribution in [0.4, 0.5) is 19.3 Å². The van der Waals surface area contributed by atoms with E-state index < -0.39 is 25.2 Å². The lowest BCUT2D eigenvalue weighted by molar-refractivity contribution is -0.135. The Bertz CT molecular complexity index is 440. The Morgan fingerprint density at radius 1 is 1.39 bits per heavy atom. The molecule has 98 valence electrons. The van der Waals surface area contributed by atoms with Gasteiger partial charge in [0.25, 0.3) is 0 Å². The smallest absolute Gasteiger partial charge is 0.387 e. The quantitative estimate of drug-likeness (QED) is 0.748. The Kier molecular flexibility index (Phi) is 4.85. The van der Waals surface area contributed by atoms with Gasteiger partial charge in [0, 0.05) is 11.8 Å². The monoisotopic (exact) mass is 260 g/mol. The number of carboxylic acids is 1. The molecule has 0 atom stereocenters. The van der Waals surface area contributed by atoms with Crippen LogP contribution in [0.25, 0.3) is 0 Å². The number of carboxylic acid groups (broad SMARTS) is 1. The molecule has 2 amide bonds. The molecule has 8 heteroatoms. The molecule has 0 radical (unpaired) electrons.